The minimum absolute atomic E-state index is 0.0425. The van der Waals surface area contributed by atoms with Crippen molar-refractivity contribution >= 4 is 68.1 Å². The Kier molecular flexibility index (Phi) is 5.50. The highest BCUT2D eigenvalue weighted by atomic mass is 79.9. The highest BCUT2D eigenvalue weighted by Crippen LogP contribution is 2.26. The van der Waals surface area contributed by atoms with Crippen molar-refractivity contribution in [1.82, 2.24) is 20.3 Å². The molecule has 0 unspecified atom stereocenters. The van der Waals surface area contributed by atoms with E-state index in [0.717, 1.165) is 10.2 Å². The first kappa shape index (κ1) is 19.7. The summed E-state index contributed by atoms with van der Waals surface area (Å²) in [6.45, 7) is 0. The Labute approximate surface area is 181 Å². The fraction of sp³-hybridized carbons (Fsp3) is 0. The van der Waals surface area contributed by atoms with Gasteiger partial charge in [-0.3, -0.25) is 15.5 Å². The van der Waals surface area contributed by atoms with Gasteiger partial charge in [0, 0.05) is 21.8 Å². The van der Waals surface area contributed by atoms with Gasteiger partial charge in [0.2, 0.25) is 11.3 Å². The number of nitrogens with one attached hydrogen (secondary N) is 2. The molecule has 0 saturated heterocycles. The van der Waals surface area contributed by atoms with E-state index >= 15 is 0 Å². The minimum atomic E-state index is -0.565. The van der Waals surface area contributed by atoms with E-state index in [9.17, 15) is 10.1 Å². The third-order valence-electron chi connectivity index (χ3n) is 3.77. The fourth-order valence-corrected chi connectivity index (χ4v) is 2.84. The Morgan fingerprint density at radius 3 is 2.50 bits per heavy atom. The lowest BCUT2D eigenvalue weighted by molar-refractivity contribution is -0.384. The molecule has 4 aromatic rings. The molecule has 0 fully saturated rings. The number of rotatable bonds is 6. The van der Waals surface area contributed by atoms with Crippen molar-refractivity contribution in [3.63, 3.8) is 0 Å². The zero-order valence-corrected chi connectivity index (χ0v) is 17.1. The number of hydrogen-bond donors (Lipinski definition) is 2. The van der Waals surface area contributed by atoms with Crippen LogP contribution < -0.4 is 10.7 Å². The largest absolute Gasteiger partial charge is 0.337 e. The molecule has 2 N–H and O–H groups in total. The van der Waals surface area contributed by atoms with Crippen LogP contribution in [0.4, 0.5) is 23.0 Å². The number of hydrazone groups is 1. The zero-order chi connectivity index (χ0) is 21.1. The van der Waals surface area contributed by atoms with Gasteiger partial charge in [0.25, 0.3) is 5.69 Å². The van der Waals surface area contributed by atoms with Crippen LogP contribution >= 0.6 is 27.5 Å². The number of fused-ring (bicyclic) bond motifs is 1. The third kappa shape index (κ3) is 4.34. The molecule has 0 saturated carbocycles. The second-order valence-corrected chi connectivity index (χ2v) is 7.12. The van der Waals surface area contributed by atoms with Gasteiger partial charge in [0.05, 0.1) is 11.1 Å². The van der Waals surface area contributed by atoms with Gasteiger partial charge in [0.1, 0.15) is 5.02 Å². The van der Waals surface area contributed by atoms with Crippen LogP contribution in [-0.2, 0) is 0 Å². The first-order chi connectivity index (χ1) is 14.5. The van der Waals surface area contributed by atoms with Crippen LogP contribution in [0.1, 0.15) is 5.56 Å². The molecule has 0 amide bonds. The van der Waals surface area contributed by atoms with E-state index in [4.69, 9.17) is 11.6 Å². The summed E-state index contributed by atoms with van der Waals surface area (Å²) < 4.78 is 5.59. The lowest BCUT2D eigenvalue weighted by Gasteiger charge is -2.09. The maximum absolute atomic E-state index is 11.0. The Morgan fingerprint density at radius 2 is 1.80 bits per heavy atom. The normalized spacial score (nSPS) is 11.1. The monoisotopic (exact) mass is 488 g/mol. The molecule has 30 heavy (non-hydrogen) atoms. The van der Waals surface area contributed by atoms with Gasteiger partial charge in [-0.15, -0.1) is 0 Å². The fourth-order valence-electron chi connectivity index (χ4n) is 2.39. The number of nitro benzene ring substituents is 1. The molecular formula is C17H10BrClN8O3. The van der Waals surface area contributed by atoms with Crippen LogP contribution in [0.25, 0.3) is 11.3 Å². The summed E-state index contributed by atoms with van der Waals surface area (Å²) >= 11 is 9.20. The molecule has 2 aromatic heterocycles. The van der Waals surface area contributed by atoms with Crippen LogP contribution in [0.3, 0.4) is 0 Å². The second-order valence-electron chi connectivity index (χ2n) is 5.80. The molecule has 0 aliphatic heterocycles. The van der Waals surface area contributed by atoms with Crippen molar-refractivity contribution in [3.05, 3.63) is 67.6 Å². The number of nitrogens with zero attached hydrogens (tertiary/aromatic N) is 6. The van der Waals surface area contributed by atoms with Crippen LogP contribution in [0.15, 0.2) is 56.7 Å². The molecule has 150 valence electrons. The molecule has 0 atom stereocenters. The maximum atomic E-state index is 11.0. The Balaban J connectivity index is 1.61. The molecule has 0 aliphatic rings. The Morgan fingerprint density at radius 1 is 1.10 bits per heavy atom. The summed E-state index contributed by atoms with van der Waals surface area (Å²) in [6.07, 6.45) is 1.39. The van der Waals surface area contributed by atoms with Crippen LogP contribution in [0.5, 0.6) is 0 Å². The van der Waals surface area contributed by atoms with Gasteiger partial charge >= 0.3 is 0 Å². The molecule has 13 heteroatoms. The molecule has 0 bridgehead atoms. The van der Waals surface area contributed by atoms with Crippen LogP contribution in [-0.4, -0.2) is 31.4 Å². The topological polar surface area (TPSA) is 144 Å². The van der Waals surface area contributed by atoms with Gasteiger partial charge in [0.15, 0.2) is 11.6 Å². The number of hydrogen-bond acceptors (Lipinski definition) is 10. The first-order valence-corrected chi connectivity index (χ1v) is 9.42. The summed E-state index contributed by atoms with van der Waals surface area (Å²) in [4.78, 5) is 19.1. The van der Waals surface area contributed by atoms with E-state index in [1.54, 1.807) is 6.07 Å². The number of halogens is 2. The van der Waals surface area contributed by atoms with E-state index in [1.165, 1.54) is 18.3 Å². The lowest BCUT2D eigenvalue weighted by atomic mass is 10.2. The number of anilines is 3. The number of aromatic nitrogens is 4. The van der Waals surface area contributed by atoms with Crippen molar-refractivity contribution < 1.29 is 9.55 Å². The third-order valence-corrected chi connectivity index (χ3v) is 4.62. The molecule has 0 aliphatic carbocycles. The molecular weight excluding hydrogens is 480 g/mol. The number of nitro groups is 1. The van der Waals surface area contributed by atoms with Crippen molar-refractivity contribution in [2.24, 2.45) is 5.10 Å². The summed E-state index contributed by atoms with van der Waals surface area (Å²) in [7, 11) is 0. The predicted octanol–water partition coefficient (Wildman–Crippen LogP) is 4.53. The zero-order valence-electron chi connectivity index (χ0n) is 14.8. The molecule has 11 nitrogen and oxygen atoms in total. The Bertz CT molecular complexity index is 1260. The smallest absolute Gasteiger partial charge is 0.288 e. The molecule has 4 rings (SSSR count). The van der Waals surface area contributed by atoms with E-state index < -0.39 is 4.92 Å². The molecule has 2 aromatic carbocycles. The van der Waals surface area contributed by atoms with Gasteiger partial charge in [-0.25, -0.2) is 9.61 Å². The summed E-state index contributed by atoms with van der Waals surface area (Å²) in [6, 6.07) is 11.8. The summed E-state index contributed by atoms with van der Waals surface area (Å²) in [5, 5.41) is 25.6. The highest BCUT2D eigenvalue weighted by molar-refractivity contribution is 9.10. The standard InChI is InChI=1S/C17H10BrClN8O3/c18-10-2-4-11(5-3-10)21-14-15(23-17-16(22-14)25-30-26-17)24-20-8-9-1-6-12(19)13(7-9)27(28)29/h1-8H,(H,21,22,25)(H,23,24,26)/b20-8+. The van der Waals surface area contributed by atoms with Gasteiger partial charge in [-0.2, -0.15) is 10.1 Å². The second kappa shape index (κ2) is 8.39. The molecule has 2 heterocycles. The van der Waals surface area contributed by atoms with Gasteiger partial charge in [-0.05, 0) is 40.6 Å². The lowest BCUT2D eigenvalue weighted by Crippen LogP contribution is -2.03. The van der Waals surface area contributed by atoms with Crippen molar-refractivity contribution in [3.8, 4) is 0 Å². The Hall–Kier alpha value is -3.64. The van der Waals surface area contributed by atoms with E-state index in [-0.39, 0.29) is 27.8 Å². The maximum Gasteiger partial charge on any atom is 0.288 e. The SMILES string of the molecule is O=[N+]([O-])c1cc(/C=N/Nc2nc3nonc3nc2Nc2ccc(Br)cc2)ccc1Cl. The van der Waals surface area contributed by atoms with Gasteiger partial charge < -0.3 is 5.32 Å². The van der Waals surface area contributed by atoms with E-state index in [2.05, 4.69) is 56.7 Å². The minimum Gasteiger partial charge on any atom is -0.337 e. The van der Waals surface area contributed by atoms with Gasteiger partial charge in [-0.1, -0.05) is 33.6 Å². The van der Waals surface area contributed by atoms with Crippen molar-refractivity contribution in [1.29, 1.82) is 0 Å². The van der Waals surface area contributed by atoms with E-state index in [1.807, 2.05) is 24.3 Å². The molecule has 0 spiro atoms. The van der Waals surface area contributed by atoms with Crippen LogP contribution in [0, 0.1) is 10.1 Å². The summed E-state index contributed by atoms with van der Waals surface area (Å²) in [5.41, 5.74) is 4.17. The average Bonchev–Trinajstić information content (AvgIpc) is 3.18. The molecule has 0 radical (unpaired) electrons. The highest BCUT2D eigenvalue weighted by Gasteiger charge is 2.14. The van der Waals surface area contributed by atoms with E-state index in [0.29, 0.717) is 11.4 Å². The predicted molar refractivity (Wildman–Crippen MR) is 114 cm³/mol. The van der Waals surface area contributed by atoms with Crippen molar-refractivity contribution in [2.45, 2.75) is 0 Å². The first-order valence-electron chi connectivity index (χ1n) is 8.25. The summed E-state index contributed by atoms with van der Waals surface area (Å²) in [5.74, 6) is 0.584. The van der Waals surface area contributed by atoms with Crippen molar-refractivity contribution in [2.75, 3.05) is 10.7 Å². The average molecular weight is 490 g/mol. The number of benzene rings is 2. The quantitative estimate of drug-likeness (QED) is 0.227. The van der Waals surface area contributed by atoms with Crippen LogP contribution in [0.2, 0.25) is 5.02 Å².